The molecule has 0 fully saturated rings. The number of nitrogens with zero attached hydrogens (tertiary/aromatic N) is 1. The number of H-pyrrole nitrogens is 1. The van der Waals surface area contributed by atoms with Gasteiger partial charge in [-0.2, -0.15) is 0 Å². The Morgan fingerprint density at radius 2 is 1.96 bits per heavy atom. The highest BCUT2D eigenvalue weighted by atomic mass is 32.2. The van der Waals surface area contributed by atoms with Crippen molar-refractivity contribution >= 4 is 31.6 Å². The third-order valence-electron chi connectivity index (χ3n) is 3.49. The van der Waals surface area contributed by atoms with Crippen LogP contribution < -0.4 is 19.8 Å². The van der Waals surface area contributed by atoms with Gasteiger partial charge in [0.25, 0.3) is 5.56 Å². The summed E-state index contributed by atoms with van der Waals surface area (Å²) in [6.07, 6.45) is 1.32. The molecule has 3 rings (SSSR count). The van der Waals surface area contributed by atoms with Gasteiger partial charge in [0, 0.05) is 17.5 Å². The molecule has 0 bridgehead atoms. The Labute approximate surface area is 147 Å². The predicted molar refractivity (Wildman–Crippen MR) is 93.8 cm³/mol. The summed E-state index contributed by atoms with van der Waals surface area (Å²) in [5.74, 6) is 0.763. The molecule has 0 aliphatic carbocycles. The van der Waals surface area contributed by atoms with Crippen LogP contribution in [0, 0.1) is 0 Å². The summed E-state index contributed by atoms with van der Waals surface area (Å²) in [6, 6.07) is 5.97. The van der Waals surface area contributed by atoms with Crippen LogP contribution in [0.2, 0.25) is 0 Å². The van der Waals surface area contributed by atoms with Crippen LogP contribution in [0.5, 0.6) is 11.5 Å². The van der Waals surface area contributed by atoms with Gasteiger partial charge < -0.3 is 14.5 Å². The highest BCUT2D eigenvalue weighted by Gasteiger charge is 2.17. The molecule has 25 heavy (non-hydrogen) atoms. The fraction of sp³-hybridized carbons (Fsp3) is 0.200. The number of rotatable bonds is 6. The van der Waals surface area contributed by atoms with Crippen LogP contribution >= 0.6 is 11.3 Å². The molecule has 0 aliphatic rings. The lowest BCUT2D eigenvalue weighted by Crippen LogP contribution is -2.22. The molecule has 2 heterocycles. The van der Waals surface area contributed by atoms with Gasteiger partial charge in [0.15, 0.2) is 11.5 Å². The van der Waals surface area contributed by atoms with Crippen LogP contribution in [0.25, 0.3) is 10.2 Å². The van der Waals surface area contributed by atoms with Gasteiger partial charge in [0.2, 0.25) is 10.0 Å². The standard InChI is InChI=1S/C15H15N3O5S2/c1-22-12-4-3-10(6-13(12)23-2)25(20,21)18-7-9-5-11-14(19)16-8-17-15(11)24-9/h3-6,8,18H,7H2,1-2H3,(H,16,17,19). The molecule has 0 saturated heterocycles. The van der Waals surface area contributed by atoms with E-state index in [0.717, 1.165) is 0 Å². The topological polar surface area (TPSA) is 110 Å². The average Bonchev–Trinajstić information content (AvgIpc) is 3.04. The molecule has 10 heteroatoms. The lowest BCUT2D eigenvalue weighted by Gasteiger charge is -2.10. The largest absolute Gasteiger partial charge is 0.493 e. The van der Waals surface area contributed by atoms with Crippen LogP contribution in [0.1, 0.15) is 4.88 Å². The summed E-state index contributed by atoms with van der Waals surface area (Å²) in [6.45, 7) is 0.0527. The molecule has 0 radical (unpaired) electrons. The van der Waals surface area contributed by atoms with Crippen LogP contribution in [0.3, 0.4) is 0 Å². The molecular formula is C15H15N3O5S2. The molecular weight excluding hydrogens is 366 g/mol. The zero-order valence-electron chi connectivity index (χ0n) is 13.4. The van der Waals surface area contributed by atoms with Gasteiger partial charge >= 0.3 is 0 Å². The van der Waals surface area contributed by atoms with Gasteiger partial charge in [-0.15, -0.1) is 11.3 Å². The van der Waals surface area contributed by atoms with Crippen molar-refractivity contribution in [2.45, 2.75) is 11.4 Å². The van der Waals surface area contributed by atoms with Gasteiger partial charge in [-0.1, -0.05) is 0 Å². The van der Waals surface area contributed by atoms with E-state index in [2.05, 4.69) is 14.7 Å². The maximum atomic E-state index is 12.5. The minimum atomic E-state index is -3.75. The Kier molecular flexibility index (Phi) is 4.75. The van der Waals surface area contributed by atoms with Crippen molar-refractivity contribution in [1.29, 1.82) is 0 Å². The van der Waals surface area contributed by atoms with Crippen LogP contribution in [0.15, 0.2) is 40.3 Å². The van der Waals surface area contributed by atoms with Gasteiger partial charge in [0.05, 0.1) is 30.8 Å². The molecule has 2 aromatic heterocycles. The number of benzene rings is 1. The number of aromatic nitrogens is 2. The predicted octanol–water partition coefficient (Wildman–Crippen LogP) is 1.48. The van der Waals surface area contributed by atoms with Crippen molar-refractivity contribution in [2.24, 2.45) is 0 Å². The Balaban J connectivity index is 1.83. The number of methoxy groups -OCH3 is 2. The number of sulfonamides is 1. The SMILES string of the molecule is COc1ccc(S(=O)(=O)NCc2cc3c(=O)[nH]cnc3s2)cc1OC. The van der Waals surface area contributed by atoms with Gasteiger partial charge in [-0.3, -0.25) is 4.79 Å². The van der Waals surface area contributed by atoms with Crippen LogP contribution in [-0.2, 0) is 16.6 Å². The number of hydrogen-bond donors (Lipinski definition) is 2. The summed E-state index contributed by atoms with van der Waals surface area (Å²) in [7, 11) is -0.841. The molecule has 0 aliphatic heterocycles. The molecule has 132 valence electrons. The van der Waals surface area contributed by atoms with E-state index in [1.54, 1.807) is 6.07 Å². The highest BCUT2D eigenvalue weighted by molar-refractivity contribution is 7.89. The van der Waals surface area contributed by atoms with Gasteiger partial charge in [-0.05, 0) is 18.2 Å². The van der Waals surface area contributed by atoms with E-state index in [1.165, 1.54) is 50.1 Å². The minimum absolute atomic E-state index is 0.0527. The number of fused-ring (bicyclic) bond motifs is 1. The number of hydrogen-bond acceptors (Lipinski definition) is 7. The smallest absolute Gasteiger partial charge is 0.259 e. The zero-order valence-corrected chi connectivity index (χ0v) is 15.0. The third kappa shape index (κ3) is 3.50. The van der Waals surface area contributed by atoms with Crippen LogP contribution in [-0.4, -0.2) is 32.6 Å². The summed E-state index contributed by atoms with van der Waals surface area (Å²) in [5.41, 5.74) is -0.254. The van der Waals surface area contributed by atoms with Gasteiger partial charge in [0.1, 0.15) is 4.83 Å². The van der Waals surface area contributed by atoms with E-state index in [0.29, 0.717) is 26.6 Å². The van der Waals surface area contributed by atoms with E-state index in [-0.39, 0.29) is 17.0 Å². The number of thiophene rings is 1. The molecule has 0 unspecified atom stereocenters. The first-order chi connectivity index (χ1) is 11.9. The maximum absolute atomic E-state index is 12.5. The summed E-state index contributed by atoms with van der Waals surface area (Å²) >= 11 is 1.26. The molecule has 0 amide bonds. The molecule has 2 N–H and O–H groups in total. The highest BCUT2D eigenvalue weighted by Crippen LogP contribution is 2.29. The van der Waals surface area contributed by atoms with E-state index in [4.69, 9.17) is 9.47 Å². The Morgan fingerprint density at radius 1 is 1.20 bits per heavy atom. The summed E-state index contributed by atoms with van der Waals surface area (Å²) in [4.78, 5) is 19.5. The number of nitrogens with one attached hydrogen (secondary N) is 2. The number of ether oxygens (including phenoxy) is 2. The first-order valence-electron chi connectivity index (χ1n) is 7.12. The van der Waals surface area contributed by atoms with E-state index < -0.39 is 10.0 Å². The lowest BCUT2D eigenvalue weighted by molar-refractivity contribution is 0.354. The summed E-state index contributed by atoms with van der Waals surface area (Å²) < 4.78 is 37.7. The summed E-state index contributed by atoms with van der Waals surface area (Å²) in [5, 5.41) is 0.438. The fourth-order valence-electron chi connectivity index (χ4n) is 2.24. The van der Waals surface area contributed by atoms with Crippen molar-refractivity contribution < 1.29 is 17.9 Å². The van der Waals surface area contributed by atoms with Crippen molar-refractivity contribution in [3.63, 3.8) is 0 Å². The Hall–Kier alpha value is -2.43. The normalized spacial score (nSPS) is 11.6. The van der Waals surface area contributed by atoms with E-state index in [1.807, 2.05) is 0 Å². The quantitative estimate of drug-likeness (QED) is 0.669. The van der Waals surface area contributed by atoms with E-state index in [9.17, 15) is 13.2 Å². The molecule has 1 aromatic carbocycles. The minimum Gasteiger partial charge on any atom is -0.493 e. The van der Waals surface area contributed by atoms with E-state index >= 15 is 0 Å². The number of aromatic amines is 1. The second-order valence-corrected chi connectivity index (χ2v) is 7.89. The Bertz CT molecular complexity index is 1070. The van der Waals surface area contributed by atoms with Crippen molar-refractivity contribution in [1.82, 2.24) is 14.7 Å². The first-order valence-corrected chi connectivity index (χ1v) is 9.42. The Morgan fingerprint density at radius 3 is 2.64 bits per heavy atom. The molecule has 0 spiro atoms. The van der Waals surface area contributed by atoms with Crippen molar-refractivity contribution in [3.8, 4) is 11.5 Å². The van der Waals surface area contributed by atoms with Gasteiger partial charge in [-0.25, -0.2) is 18.1 Å². The second kappa shape index (κ2) is 6.82. The van der Waals surface area contributed by atoms with Crippen LogP contribution in [0.4, 0.5) is 0 Å². The zero-order chi connectivity index (χ0) is 18.0. The second-order valence-electron chi connectivity index (χ2n) is 5.00. The lowest BCUT2D eigenvalue weighted by atomic mass is 10.3. The molecule has 0 atom stereocenters. The van der Waals surface area contributed by atoms with Crippen molar-refractivity contribution in [3.05, 3.63) is 45.8 Å². The maximum Gasteiger partial charge on any atom is 0.259 e. The average molecular weight is 381 g/mol. The first kappa shape index (κ1) is 17.4. The fourth-order valence-corrected chi connectivity index (χ4v) is 4.29. The molecule has 0 saturated carbocycles. The molecule has 8 nitrogen and oxygen atoms in total. The van der Waals surface area contributed by atoms with Crippen molar-refractivity contribution in [2.75, 3.05) is 14.2 Å². The third-order valence-corrected chi connectivity index (χ3v) is 5.93. The monoisotopic (exact) mass is 381 g/mol. The molecule has 3 aromatic rings.